The van der Waals surface area contributed by atoms with Crippen molar-refractivity contribution in [3.05, 3.63) is 29.6 Å². The molecule has 84 valence electrons. The van der Waals surface area contributed by atoms with E-state index in [4.69, 9.17) is 10.8 Å². The summed E-state index contributed by atoms with van der Waals surface area (Å²) < 4.78 is 0. The van der Waals surface area contributed by atoms with Gasteiger partial charge in [-0.25, -0.2) is 4.98 Å². The molecular formula is C11H13N3O2. The number of aromatic nitrogens is 2. The van der Waals surface area contributed by atoms with Gasteiger partial charge in [-0.15, -0.1) is 0 Å². The molecule has 0 amide bonds. The van der Waals surface area contributed by atoms with Crippen molar-refractivity contribution in [1.82, 2.24) is 9.97 Å². The van der Waals surface area contributed by atoms with Gasteiger partial charge in [0, 0.05) is 13.0 Å². The molecule has 2 aromatic rings. The van der Waals surface area contributed by atoms with E-state index in [1.54, 1.807) is 0 Å². The highest BCUT2D eigenvalue weighted by atomic mass is 16.4. The van der Waals surface area contributed by atoms with Crippen LogP contribution in [0, 0.1) is 0 Å². The van der Waals surface area contributed by atoms with Crippen LogP contribution in [0.1, 0.15) is 17.8 Å². The van der Waals surface area contributed by atoms with Crippen LogP contribution in [-0.4, -0.2) is 21.0 Å². The predicted octanol–water partition coefficient (Wildman–Crippen LogP) is 1.04. The predicted molar refractivity (Wildman–Crippen MR) is 59.9 cm³/mol. The number of nitrogens with one attached hydrogen (secondary N) is 1. The standard InChI is InChI=1S/C11H13N3O2/c12-6-7-1-2-8-9(5-7)14-10(13-8)3-4-11(15)16/h1-2,5H,3-4,6,12H2,(H,13,14)(H,15,16). The molecular weight excluding hydrogens is 206 g/mol. The van der Waals surface area contributed by atoms with E-state index in [9.17, 15) is 4.79 Å². The number of carboxylic acids is 1. The van der Waals surface area contributed by atoms with Crippen LogP contribution in [0.25, 0.3) is 11.0 Å². The molecule has 0 spiro atoms. The summed E-state index contributed by atoms with van der Waals surface area (Å²) in [4.78, 5) is 17.8. The highest BCUT2D eigenvalue weighted by Crippen LogP contribution is 2.14. The molecule has 2 rings (SSSR count). The van der Waals surface area contributed by atoms with Crippen molar-refractivity contribution in [3.63, 3.8) is 0 Å². The molecule has 1 aromatic heterocycles. The maximum atomic E-state index is 10.4. The largest absolute Gasteiger partial charge is 0.481 e. The molecule has 1 aromatic carbocycles. The first-order valence-electron chi connectivity index (χ1n) is 5.08. The van der Waals surface area contributed by atoms with E-state index in [1.165, 1.54) is 0 Å². The fraction of sp³-hybridized carbons (Fsp3) is 0.273. The van der Waals surface area contributed by atoms with E-state index in [0.29, 0.717) is 18.8 Å². The number of nitrogens with zero attached hydrogens (tertiary/aromatic N) is 1. The van der Waals surface area contributed by atoms with Gasteiger partial charge < -0.3 is 15.8 Å². The molecule has 0 atom stereocenters. The Morgan fingerprint density at radius 2 is 2.31 bits per heavy atom. The lowest BCUT2D eigenvalue weighted by molar-refractivity contribution is -0.137. The lowest BCUT2D eigenvalue weighted by atomic mass is 10.2. The van der Waals surface area contributed by atoms with Gasteiger partial charge in [0.1, 0.15) is 5.82 Å². The minimum absolute atomic E-state index is 0.0869. The monoisotopic (exact) mass is 219 g/mol. The maximum absolute atomic E-state index is 10.4. The Morgan fingerprint density at radius 3 is 3.00 bits per heavy atom. The molecule has 16 heavy (non-hydrogen) atoms. The molecule has 0 saturated heterocycles. The van der Waals surface area contributed by atoms with Crippen LogP contribution in [0.5, 0.6) is 0 Å². The van der Waals surface area contributed by atoms with Crippen LogP contribution >= 0.6 is 0 Å². The fourth-order valence-electron chi connectivity index (χ4n) is 1.58. The Labute approximate surface area is 92.3 Å². The SMILES string of the molecule is NCc1ccc2nc(CCC(=O)O)[nH]c2c1. The summed E-state index contributed by atoms with van der Waals surface area (Å²) in [5.74, 6) is -0.116. The summed E-state index contributed by atoms with van der Waals surface area (Å²) in [6.45, 7) is 0.486. The molecule has 0 bridgehead atoms. The number of H-pyrrole nitrogens is 1. The first-order valence-corrected chi connectivity index (χ1v) is 5.08. The normalized spacial score (nSPS) is 10.8. The molecule has 0 aliphatic heterocycles. The molecule has 0 unspecified atom stereocenters. The topological polar surface area (TPSA) is 92.0 Å². The first kappa shape index (κ1) is 10.6. The van der Waals surface area contributed by atoms with Crippen LogP contribution < -0.4 is 5.73 Å². The van der Waals surface area contributed by atoms with Crippen molar-refractivity contribution in [3.8, 4) is 0 Å². The first-order chi connectivity index (χ1) is 7.69. The third-order valence-corrected chi connectivity index (χ3v) is 2.41. The third kappa shape index (κ3) is 2.20. The van der Waals surface area contributed by atoms with E-state index in [2.05, 4.69) is 9.97 Å². The van der Waals surface area contributed by atoms with Gasteiger partial charge in [-0.1, -0.05) is 6.07 Å². The molecule has 0 radical (unpaired) electrons. The zero-order valence-electron chi connectivity index (χ0n) is 8.73. The number of carboxylic acid groups (broad SMARTS) is 1. The fourth-order valence-corrected chi connectivity index (χ4v) is 1.58. The lowest BCUT2D eigenvalue weighted by Crippen LogP contribution is -1.98. The number of fused-ring (bicyclic) bond motifs is 1. The van der Waals surface area contributed by atoms with Gasteiger partial charge in [0.2, 0.25) is 0 Å². The zero-order chi connectivity index (χ0) is 11.5. The van der Waals surface area contributed by atoms with Crippen LogP contribution in [0.3, 0.4) is 0 Å². The van der Waals surface area contributed by atoms with Gasteiger partial charge >= 0.3 is 5.97 Å². The Morgan fingerprint density at radius 1 is 1.50 bits per heavy atom. The van der Waals surface area contributed by atoms with E-state index < -0.39 is 5.97 Å². The number of nitrogens with two attached hydrogens (primary N) is 1. The maximum Gasteiger partial charge on any atom is 0.303 e. The number of hydrogen-bond donors (Lipinski definition) is 3. The van der Waals surface area contributed by atoms with Gasteiger partial charge in [-0.3, -0.25) is 4.79 Å². The minimum Gasteiger partial charge on any atom is -0.481 e. The number of hydrogen-bond acceptors (Lipinski definition) is 3. The van der Waals surface area contributed by atoms with E-state index in [1.807, 2.05) is 18.2 Å². The van der Waals surface area contributed by atoms with Gasteiger partial charge in [-0.2, -0.15) is 0 Å². The van der Waals surface area contributed by atoms with E-state index >= 15 is 0 Å². The van der Waals surface area contributed by atoms with E-state index in [-0.39, 0.29) is 6.42 Å². The Balaban J connectivity index is 2.25. The molecule has 0 aliphatic carbocycles. The average molecular weight is 219 g/mol. The van der Waals surface area contributed by atoms with Gasteiger partial charge in [0.15, 0.2) is 0 Å². The highest BCUT2D eigenvalue weighted by Gasteiger charge is 2.05. The lowest BCUT2D eigenvalue weighted by Gasteiger charge is -1.94. The number of aryl methyl sites for hydroxylation is 1. The summed E-state index contributed by atoms with van der Waals surface area (Å²) in [6, 6.07) is 5.75. The van der Waals surface area contributed by atoms with Crippen LogP contribution in [0.4, 0.5) is 0 Å². The average Bonchev–Trinajstić information content (AvgIpc) is 2.67. The van der Waals surface area contributed by atoms with Crippen molar-refractivity contribution in [1.29, 1.82) is 0 Å². The van der Waals surface area contributed by atoms with Crippen molar-refractivity contribution in [2.75, 3.05) is 0 Å². The Kier molecular flexibility index (Phi) is 2.87. The number of benzene rings is 1. The molecule has 0 fully saturated rings. The van der Waals surface area contributed by atoms with Crippen molar-refractivity contribution >= 4 is 17.0 Å². The summed E-state index contributed by atoms with van der Waals surface area (Å²) in [5, 5.41) is 8.57. The number of rotatable bonds is 4. The van der Waals surface area contributed by atoms with Crippen LogP contribution in [-0.2, 0) is 17.8 Å². The molecule has 5 nitrogen and oxygen atoms in total. The minimum atomic E-state index is -0.817. The third-order valence-electron chi connectivity index (χ3n) is 2.41. The van der Waals surface area contributed by atoms with Crippen LogP contribution in [0.15, 0.2) is 18.2 Å². The number of carbonyl (C=O) groups is 1. The molecule has 0 aliphatic rings. The molecule has 5 heteroatoms. The van der Waals surface area contributed by atoms with E-state index in [0.717, 1.165) is 16.6 Å². The van der Waals surface area contributed by atoms with Gasteiger partial charge in [0.05, 0.1) is 17.5 Å². The van der Waals surface area contributed by atoms with Gasteiger partial charge in [0.25, 0.3) is 0 Å². The molecule has 4 N–H and O–H groups in total. The summed E-state index contributed by atoms with van der Waals surface area (Å²) in [6.07, 6.45) is 0.505. The zero-order valence-corrected chi connectivity index (χ0v) is 8.73. The number of aliphatic carboxylic acids is 1. The van der Waals surface area contributed by atoms with Crippen molar-refractivity contribution in [2.45, 2.75) is 19.4 Å². The number of aromatic amines is 1. The van der Waals surface area contributed by atoms with Crippen molar-refractivity contribution in [2.24, 2.45) is 5.73 Å². The Bertz CT molecular complexity index is 519. The van der Waals surface area contributed by atoms with Gasteiger partial charge in [-0.05, 0) is 17.7 Å². The quantitative estimate of drug-likeness (QED) is 0.716. The molecule has 0 saturated carbocycles. The highest BCUT2D eigenvalue weighted by molar-refractivity contribution is 5.76. The summed E-state index contributed by atoms with van der Waals surface area (Å²) in [7, 11) is 0. The summed E-state index contributed by atoms with van der Waals surface area (Å²) >= 11 is 0. The second-order valence-electron chi connectivity index (χ2n) is 3.63. The smallest absolute Gasteiger partial charge is 0.303 e. The van der Waals surface area contributed by atoms with Crippen molar-refractivity contribution < 1.29 is 9.90 Å². The molecule has 1 heterocycles. The second kappa shape index (κ2) is 4.32. The Hall–Kier alpha value is -1.88. The summed E-state index contributed by atoms with van der Waals surface area (Å²) in [5.41, 5.74) is 8.31. The van der Waals surface area contributed by atoms with Crippen LogP contribution in [0.2, 0.25) is 0 Å². The number of imidazole rings is 1. The second-order valence-corrected chi connectivity index (χ2v) is 3.63.